The largest absolute Gasteiger partial charge is 0.401 e. The van der Waals surface area contributed by atoms with Crippen LogP contribution in [0.15, 0.2) is 0 Å². The molecule has 0 radical (unpaired) electrons. The highest BCUT2D eigenvalue weighted by molar-refractivity contribution is 4.85. The first-order valence-corrected chi connectivity index (χ1v) is 7.62. The van der Waals surface area contributed by atoms with Gasteiger partial charge in [-0.3, -0.25) is 0 Å². The standard InChI is InChI=1S/C14H28F3N3O/c1-10(2)13(21)6-11-5-12(19-9-14(15,16)17)8-20(7-11)4-3-18/h10-13,19,21H,3-9,18H2,1-2H3. The first kappa shape index (κ1) is 18.7. The van der Waals surface area contributed by atoms with Crippen molar-refractivity contribution in [2.45, 2.75) is 45.0 Å². The number of aliphatic hydroxyl groups excluding tert-OH is 1. The van der Waals surface area contributed by atoms with Crippen LogP contribution in [0.3, 0.4) is 0 Å². The quantitative estimate of drug-likeness (QED) is 0.661. The zero-order chi connectivity index (χ0) is 16.0. The number of alkyl halides is 3. The average Bonchev–Trinajstić information content (AvgIpc) is 2.35. The van der Waals surface area contributed by atoms with Crippen LogP contribution in [0, 0.1) is 11.8 Å². The van der Waals surface area contributed by atoms with Gasteiger partial charge in [0.2, 0.25) is 0 Å². The number of nitrogens with two attached hydrogens (primary N) is 1. The Morgan fingerprint density at radius 2 is 2.00 bits per heavy atom. The van der Waals surface area contributed by atoms with Crippen molar-refractivity contribution in [3.8, 4) is 0 Å². The van der Waals surface area contributed by atoms with E-state index in [-0.39, 0.29) is 17.9 Å². The van der Waals surface area contributed by atoms with E-state index in [4.69, 9.17) is 5.73 Å². The van der Waals surface area contributed by atoms with E-state index in [9.17, 15) is 18.3 Å². The van der Waals surface area contributed by atoms with Crippen molar-refractivity contribution in [3.63, 3.8) is 0 Å². The minimum absolute atomic E-state index is 0.163. The highest BCUT2D eigenvalue weighted by atomic mass is 19.4. The second-order valence-electron chi connectivity index (χ2n) is 6.39. The van der Waals surface area contributed by atoms with Crippen molar-refractivity contribution in [1.29, 1.82) is 0 Å². The Morgan fingerprint density at radius 1 is 1.33 bits per heavy atom. The topological polar surface area (TPSA) is 61.5 Å². The molecule has 4 nitrogen and oxygen atoms in total. The molecule has 0 saturated carbocycles. The third kappa shape index (κ3) is 7.44. The molecule has 1 heterocycles. The van der Waals surface area contributed by atoms with Crippen LogP contribution in [-0.4, -0.2) is 61.1 Å². The van der Waals surface area contributed by atoms with E-state index in [0.29, 0.717) is 32.5 Å². The molecule has 21 heavy (non-hydrogen) atoms. The van der Waals surface area contributed by atoms with E-state index >= 15 is 0 Å². The van der Waals surface area contributed by atoms with Crippen LogP contribution in [0.1, 0.15) is 26.7 Å². The molecule has 0 aromatic heterocycles. The average molecular weight is 311 g/mol. The van der Waals surface area contributed by atoms with Crippen LogP contribution in [0.5, 0.6) is 0 Å². The molecule has 0 bridgehead atoms. The summed E-state index contributed by atoms with van der Waals surface area (Å²) in [6.07, 6.45) is -3.30. The molecule has 0 aromatic carbocycles. The van der Waals surface area contributed by atoms with Gasteiger partial charge in [0.15, 0.2) is 0 Å². The number of hydrogen-bond acceptors (Lipinski definition) is 4. The smallest absolute Gasteiger partial charge is 0.393 e. The first-order valence-electron chi connectivity index (χ1n) is 7.62. The molecule has 1 aliphatic rings. The molecular formula is C14H28F3N3O. The number of aliphatic hydroxyl groups is 1. The van der Waals surface area contributed by atoms with Crippen LogP contribution in [0.25, 0.3) is 0 Å². The zero-order valence-corrected chi connectivity index (χ0v) is 12.9. The Bertz CT molecular complexity index is 300. The lowest BCUT2D eigenvalue weighted by Gasteiger charge is -2.39. The number of halogens is 3. The summed E-state index contributed by atoms with van der Waals surface area (Å²) in [6, 6.07) is -0.198. The van der Waals surface area contributed by atoms with Crippen molar-refractivity contribution in [2.24, 2.45) is 17.6 Å². The van der Waals surface area contributed by atoms with Gasteiger partial charge >= 0.3 is 6.18 Å². The van der Waals surface area contributed by atoms with Gasteiger partial charge in [-0.15, -0.1) is 0 Å². The maximum atomic E-state index is 12.3. The van der Waals surface area contributed by atoms with Crippen LogP contribution in [-0.2, 0) is 0 Å². The van der Waals surface area contributed by atoms with Crippen molar-refractivity contribution in [1.82, 2.24) is 10.2 Å². The lowest BCUT2D eigenvalue weighted by Crippen LogP contribution is -2.52. The number of likely N-dealkylation sites (tertiary alicyclic amines) is 1. The summed E-state index contributed by atoms with van der Waals surface area (Å²) >= 11 is 0. The second kappa shape index (κ2) is 8.31. The number of rotatable bonds is 7. The summed E-state index contributed by atoms with van der Waals surface area (Å²) in [5.74, 6) is 0.366. The van der Waals surface area contributed by atoms with Gasteiger partial charge in [-0.2, -0.15) is 13.2 Å². The molecule has 4 N–H and O–H groups in total. The lowest BCUT2D eigenvalue weighted by atomic mass is 9.86. The fourth-order valence-corrected chi connectivity index (χ4v) is 2.86. The van der Waals surface area contributed by atoms with Crippen molar-refractivity contribution in [3.05, 3.63) is 0 Å². The third-order valence-corrected chi connectivity index (χ3v) is 3.99. The van der Waals surface area contributed by atoms with Crippen LogP contribution >= 0.6 is 0 Å². The Hall–Kier alpha value is -0.370. The Labute approximate surface area is 124 Å². The summed E-state index contributed by atoms with van der Waals surface area (Å²) in [5.41, 5.74) is 5.55. The van der Waals surface area contributed by atoms with Gasteiger partial charge in [0.25, 0.3) is 0 Å². The number of nitrogens with zero attached hydrogens (tertiary/aromatic N) is 1. The highest BCUT2D eigenvalue weighted by Crippen LogP contribution is 2.24. The van der Waals surface area contributed by atoms with Gasteiger partial charge in [-0.05, 0) is 24.7 Å². The lowest BCUT2D eigenvalue weighted by molar-refractivity contribution is -0.127. The maximum absolute atomic E-state index is 12.3. The zero-order valence-electron chi connectivity index (χ0n) is 12.9. The SMILES string of the molecule is CC(C)C(O)CC1CC(NCC(F)(F)F)CN(CCN)C1. The number of piperidine rings is 1. The highest BCUT2D eigenvalue weighted by Gasteiger charge is 2.32. The van der Waals surface area contributed by atoms with Crippen molar-refractivity contribution < 1.29 is 18.3 Å². The summed E-state index contributed by atoms with van der Waals surface area (Å²) < 4.78 is 37.0. The summed E-state index contributed by atoms with van der Waals surface area (Å²) in [5, 5.41) is 12.6. The minimum Gasteiger partial charge on any atom is -0.393 e. The number of hydrogen-bond donors (Lipinski definition) is 3. The van der Waals surface area contributed by atoms with Crippen LogP contribution < -0.4 is 11.1 Å². The van der Waals surface area contributed by atoms with Gasteiger partial charge in [-0.1, -0.05) is 13.8 Å². The fourth-order valence-electron chi connectivity index (χ4n) is 2.86. The van der Waals surface area contributed by atoms with Crippen molar-refractivity contribution >= 4 is 0 Å². The molecule has 1 saturated heterocycles. The molecule has 126 valence electrons. The summed E-state index contributed by atoms with van der Waals surface area (Å²) in [7, 11) is 0. The molecule has 1 aliphatic heterocycles. The van der Waals surface area contributed by atoms with Gasteiger partial charge in [0, 0.05) is 32.2 Å². The molecule has 7 heteroatoms. The Morgan fingerprint density at radius 3 is 2.52 bits per heavy atom. The van der Waals surface area contributed by atoms with Gasteiger partial charge in [-0.25, -0.2) is 0 Å². The van der Waals surface area contributed by atoms with E-state index < -0.39 is 18.8 Å². The number of nitrogens with one attached hydrogen (secondary N) is 1. The van der Waals surface area contributed by atoms with Crippen LogP contribution in [0.2, 0.25) is 0 Å². The molecule has 1 rings (SSSR count). The van der Waals surface area contributed by atoms with Crippen molar-refractivity contribution in [2.75, 3.05) is 32.7 Å². The minimum atomic E-state index is -4.19. The van der Waals surface area contributed by atoms with Gasteiger partial charge < -0.3 is 21.1 Å². The van der Waals surface area contributed by atoms with E-state index in [0.717, 1.165) is 6.54 Å². The summed E-state index contributed by atoms with van der Waals surface area (Å²) in [6.45, 7) is 5.49. The van der Waals surface area contributed by atoms with Gasteiger partial charge in [0.1, 0.15) is 0 Å². The molecule has 0 aromatic rings. The molecule has 3 unspecified atom stereocenters. The normalized spacial score (nSPS) is 26.3. The molecular weight excluding hydrogens is 283 g/mol. The van der Waals surface area contributed by atoms with E-state index in [1.54, 1.807) is 0 Å². The molecule has 1 fully saturated rings. The molecule has 3 atom stereocenters. The second-order valence-corrected chi connectivity index (χ2v) is 6.39. The Kier molecular flexibility index (Phi) is 7.39. The fraction of sp³-hybridized carbons (Fsp3) is 1.00. The predicted molar refractivity (Wildman–Crippen MR) is 76.9 cm³/mol. The summed E-state index contributed by atoms with van der Waals surface area (Å²) in [4.78, 5) is 2.09. The predicted octanol–water partition coefficient (Wildman–Crippen LogP) is 1.19. The molecule has 0 spiro atoms. The molecule has 0 amide bonds. The Balaban J connectivity index is 2.55. The van der Waals surface area contributed by atoms with Gasteiger partial charge in [0.05, 0.1) is 12.6 Å². The monoisotopic (exact) mass is 311 g/mol. The van der Waals surface area contributed by atoms with E-state index in [2.05, 4.69) is 10.2 Å². The maximum Gasteiger partial charge on any atom is 0.401 e. The van der Waals surface area contributed by atoms with E-state index in [1.807, 2.05) is 13.8 Å². The third-order valence-electron chi connectivity index (χ3n) is 3.99. The first-order chi connectivity index (χ1) is 9.71. The molecule has 0 aliphatic carbocycles. The van der Waals surface area contributed by atoms with Crippen LogP contribution in [0.4, 0.5) is 13.2 Å². The van der Waals surface area contributed by atoms with E-state index in [1.165, 1.54) is 0 Å².